The molecule has 8 rings (SSSR count). The highest BCUT2D eigenvalue weighted by Gasteiger charge is 2.05. The molecule has 9 N–H and O–H groups in total. The van der Waals surface area contributed by atoms with Gasteiger partial charge in [0, 0.05) is 56.5 Å². The molecule has 9 heteroatoms. The number of fused-ring (bicyclic) bond motifs is 2. The minimum atomic E-state index is 0.757. The van der Waals surface area contributed by atoms with E-state index in [1.54, 1.807) is 0 Å². The Labute approximate surface area is 478 Å². The predicted octanol–water partition coefficient (Wildman–Crippen LogP) is 18.5. The first-order chi connectivity index (χ1) is 39.3. The van der Waals surface area contributed by atoms with Gasteiger partial charge in [-0.15, -0.1) is 0 Å². The Morgan fingerprint density at radius 2 is 0.600 bits per heavy atom. The van der Waals surface area contributed by atoms with Crippen LogP contribution < -0.4 is 47.2 Å². The van der Waals surface area contributed by atoms with Crippen molar-refractivity contribution in [1.29, 1.82) is 0 Å². The molecule has 8 aromatic carbocycles. The molecule has 0 fully saturated rings. The Hall–Kier alpha value is -8.04. The van der Waals surface area contributed by atoms with E-state index in [1.165, 1.54) is 95.5 Å². The Morgan fingerprint density at radius 1 is 0.312 bits per heavy atom. The lowest BCUT2D eigenvalue weighted by atomic mass is 10.1. The number of nitrogens with one attached hydrogen (secondary N) is 1. The third-order valence-electron chi connectivity index (χ3n) is 14.1. The second kappa shape index (κ2) is 36.2. The van der Waals surface area contributed by atoms with Crippen molar-refractivity contribution in [2.45, 2.75) is 122 Å². The molecule has 0 bridgehead atoms. The highest BCUT2D eigenvalue weighted by molar-refractivity contribution is 6.01. The molecule has 0 aromatic heterocycles. The maximum atomic E-state index is 6.13. The number of anilines is 5. The standard InChI is InChI=1S/C36H44N2O2.C25H35NO2.C10H10N2/c1-2-29-16-20-31(21-17-29)39-26-12-8-6-4-3-5-7-9-13-27-40-32-22-18-30(19-23-32)28-38-36-25-24-35(37)33-14-10-11-15-34(33)36;1-2-22-12-16-24(17-13-22)27-20-10-8-6-4-3-5-7-9-11-21-28-25-18-14-23(26)15-19-25;11-9-5-6-10(12)8-4-2-1-3-7(8)9/h2,10-11,14-25,38H,1,3-9,12-13,26-28,37H2;2,12-19H,1,3-11,20-21,26H2;1-6H,11-12H2. The van der Waals surface area contributed by atoms with Gasteiger partial charge in [0.2, 0.25) is 0 Å². The van der Waals surface area contributed by atoms with Gasteiger partial charge in [0.15, 0.2) is 0 Å². The van der Waals surface area contributed by atoms with Gasteiger partial charge in [-0.3, -0.25) is 0 Å². The molecule has 0 heterocycles. The van der Waals surface area contributed by atoms with Crippen LogP contribution in [0.5, 0.6) is 23.0 Å². The number of benzene rings is 8. The van der Waals surface area contributed by atoms with Crippen LogP contribution in [0, 0.1) is 0 Å². The lowest BCUT2D eigenvalue weighted by Gasteiger charge is -2.12. The van der Waals surface area contributed by atoms with Crippen molar-refractivity contribution in [2.24, 2.45) is 0 Å². The summed E-state index contributed by atoms with van der Waals surface area (Å²) in [5.41, 5.74) is 31.0. The Kier molecular flexibility index (Phi) is 27.7. The van der Waals surface area contributed by atoms with Crippen LogP contribution in [-0.4, -0.2) is 26.4 Å². The lowest BCUT2D eigenvalue weighted by molar-refractivity contribution is 0.302. The zero-order valence-electron chi connectivity index (χ0n) is 47.4. The van der Waals surface area contributed by atoms with Crippen molar-refractivity contribution in [2.75, 3.05) is 54.7 Å². The summed E-state index contributed by atoms with van der Waals surface area (Å²) >= 11 is 0. The molecule has 0 saturated heterocycles. The molecule has 8 aromatic rings. The SMILES string of the molecule is C=Cc1ccc(OCCCCCCCCCCCOc2ccc(CNc3ccc(N)c4ccccc34)cc2)cc1.C=Cc1ccc(OCCCCCCCCCCCOc2ccc(N)cc2)cc1.Nc1ccc(N)c2ccccc12. The van der Waals surface area contributed by atoms with Gasteiger partial charge in [-0.1, -0.05) is 200 Å². The van der Waals surface area contributed by atoms with Crippen molar-refractivity contribution in [3.05, 3.63) is 200 Å². The van der Waals surface area contributed by atoms with Gasteiger partial charge in [-0.25, -0.2) is 0 Å². The second-order valence-electron chi connectivity index (χ2n) is 20.4. The molecule has 0 aliphatic heterocycles. The van der Waals surface area contributed by atoms with E-state index in [1.807, 2.05) is 140 Å². The first-order valence-corrected chi connectivity index (χ1v) is 29.2. The van der Waals surface area contributed by atoms with Crippen LogP contribution in [0.2, 0.25) is 0 Å². The van der Waals surface area contributed by atoms with Crippen LogP contribution in [0.15, 0.2) is 183 Å². The summed E-state index contributed by atoms with van der Waals surface area (Å²) in [6.07, 6.45) is 26.3. The topological polar surface area (TPSA) is 153 Å². The molecular formula is C71H89N5O4. The molecule has 0 radical (unpaired) electrons. The maximum absolute atomic E-state index is 6.13. The summed E-state index contributed by atoms with van der Waals surface area (Å²) in [4.78, 5) is 0. The minimum absolute atomic E-state index is 0.757. The van der Waals surface area contributed by atoms with Gasteiger partial charge < -0.3 is 47.2 Å². The van der Waals surface area contributed by atoms with Crippen LogP contribution in [0.25, 0.3) is 33.7 Å². The van der Waals surface area contributed by atoms with Crippen LogP contribution in [0.1, 0.15) is 132 Å². The monoisotopic (exact) mass is 1080 g/mol. The fraction of sp³-hybridized carbons (Fsp3) is 0.324. The maximum Gasteiger partial charge on any atom is 0.119 e. The number of nitrogens with two attached hydrogens (primary N) is 4. The zero-order valence-corrected chi connectivity index (χ0v) is 47.4. The van der Waals surface area contributed by atoms with E-state index in [0.29, 0.717) is 0 Å². The molecule has 0 atom stereocenters. The third-order valence-corrected chi connectivity index (χ3v) is 14.1. The van der Waals surface area contributed by atoms with E-state index in [9.17, 15) is 0 Å². The Morgan fingerprint density at radius 3 is 0.950 bits per heavy atom. The second-order valence-corrected chi connectivity index (χ2v) is 20.4. The number of ether oxygens (including phenoxy) is 4. The number of hydrogen-bond donors (Lipinski definition) is 5. The number of rotatable bonds is 33. The van der Waals surface area contributed by atoms with Gasteiger partial charge in [0.25, 0.3) is 0 Å². The average molecular weight is 1080 g/mol. The molecule has 0 amide bonds. The van der Waals surface area contributed by atoms with Crippen molar-refractivity contribution in [3.63, 3.8) is 0 Å². The molecule has 0 saturated carbocycles. The summed E-state index contributed by atoms with van der Waals surface area (Å²) in [5, 5.41) is 7.83. The van der Waals surface area contributed by atoms with Crippen molar-refractivity contribution < 1.29 is 18.9 Å². The Balaban J connectivity index is 0.000000221. The van der Waals surface area contributed by atoms with Crippen LogP contribution in [-0.2, 0) is 6.54 Å². The molecule has 0 spiro atoms. The van der Waals surface area contributed by atoms with Crippen molar-refractivity contribution in [1.82, 2.24) is 0 Å². The molecule has 9 nitrogen and oxygen atoms in total. The van der Waals surface area contributed by atoms with Crippen molar-refractivity contribution in [3.8, 4) is 23.0 Å². The fourth-order valence-electron chi connectivity index (χ4n) is 9.33. The van der Waals surface area contributed by atoms with Gasteiger partial charge in [0.05, 0.1) is 26.4 Å². The van der Waals surface area contributed by atoms with E-state index in [4.69, 9.17) is 41.9 Å². The van der Waals surface area contributed by atoms with E-state index < -0.39 is 0 Å². The zero-order chi connectivity index (χ0) is 56.2. The summed E-state index contributed by atoms with van der Waals surface area (Å²) in [6, 6.07) is 56.0. The summed E-state index contributed by atoms with van der Waals surface area (Å²) < 4.78 is 23.3. The smallest absolute Gasteiger partial charge is 0.119 e. The van der Waals surface area contributed by atoms with Crippen LogP contribution in [0.4, 0.5) is 28.4 Å². The molecule has 422 valence electrons. The quantitative estimate of drug-likeness (QED) is 0.0200. The van der Waals surface area contributed by atoms with Crippen molar-refractivity contribution >= 4 is 62.1 Å². The van der Waals surface area contributed by atoms with Gasteiger partial charge in [0.1, 0.15) is 23.0 Å². The first-order valence-electron chi connectivity index (χ1n) is 29.2. The van der Waals surface area contributed by atoms with Gasteiger partial charge in [-0.2, -0.15) is 0 Å². The summed E-state index contributed by atoms with van der Waals surface area (Å²) in [7, 11) is 0. The van der Waals surface area contributed by atoms with Crippen LogP contribution in [0.3, 0.4) is 0 Å². The minimum Gasteiger partial charge on any atom is -0.494 e. The normalized spacial score (nSPS) is 10.7. The van der Waals surface area contributed by atoms with E-state index >= 15 is 0 Å². The first kappa shape index (κ1) is 61.2. The number of unbranched alkanes of at least 4 members (excludes halogenated alkanes) is 16. The summed E-state index contributed by atoms with van der Waals surface area (Å²) in [6.45, 7) is 11.5. The molecular weight excluding hydrogens is 987 g/mol. The lowest BCUT2D eigenvalue weighted by Crippen LogP contribution is -2.01. The molecule has 0 aliphatic carbocycles. The predicted molar refractivity (Wildman–Crippen MR) is 344 cm³/mol. The van der Waals surface area contributed by atoms with Gasteiger partial charge >= 0.3 is 0 Å². The van der Waals surface area contributed by atoms with Gasteiger partial charge in [-0.05, 0) is 127 Å². The Bertz CT molecular complexity index is 2940. The largest absolute Gasteiger partial charge is 0.494 e. The molecule has 0 aliphatic rings. The molecule has 0 unspecified atom stereocenters. The van der Waals surface area contributed by atoms with E-state index in [0.717, 1.165) is 143 Å². The molecule has 80 heavy (non-hydrogen) atoms. The van der Waals surface area contributed by atoms with E-state index in [2.05, 4.69) is 60.9 Å². The third kappa shape index (κ3) is 22.7. The highest BCUT2D eigenvalue weighted by Crippen LogP contribution is 2.29. The summed E-state index contributed by atoms with van der Waals surface area (Å²) in [5.74, 6) is 3.75. The van der Waals surface area contributed by atoms with Crippen LogP contribution >= 0.6 is 0 Å². The number of hydrogen-bond acceptors (Lipinski definition) is 9. The number of nitrogen functional groups attached to an aromatic ring is 4. The highest BCUT2D eigenvalue weighted by atomic mass is 16.5. The van der Waals surface area contributed by atoms with E-state index in [-0.39, 0.29) is 0 Å². The fourth-order valence-corrected chi connectivity index (χ4v) is 9.33. The average Bonchev–Trinajstić information content (AvgIpc) is 3.51.